The molecule has 7 nitrogen and oxygen atoms in total. The van der Waals surface area contributed by atoms with E-state index >= 15 is 0 Å². The fourth-order valence-electron chi connectivity index (χ4n) is 1.72. The maximum atomic E-state index is 12.0. The number of nitro groups is 1. The van der Waals surface area contributed by atoms with Gasteiger partial charge in [-0.1, -0.05) is 23.2 Å². The Kier molecular flexibility index (Phi) is 5.25. The van der Waals surface area contributed by atoms with Crippen molar-refractivity contribution in [3.8, 4) is 5.75 Å². The van der Waals surface area contributed by atoms with Crippen molar-refractivity contribution in [3.05, 3.63) is 56.6 Å². The highest BCUT2D eigenvalue weighted by Gasteiger charge is 2.13. The number of rotatable bonds is 4. The van der Waals surface area contributed by atoms with Gasteiger partial charge in [-0.3, -0.25) is 10.1 Å². The molecule has 0 saturated heterocycles. The Bertz CT molecular complexity index is 768. The van der Waals surface area contributed by atoms with Crippen LogP contribution in [-0.4, -0.2) is 18.1 Å². The average molecular weight is 356 g/mol. The minimum atomic E-state index is -0.639. The molecule has 0 bridgehead atoms. The number of benzene rings is 2. The monoisotopic (exact) mass is 355 g/mol. The molecule has 2 N–H and O–H groups in total. The molecule has 23 heavy (non-hydrogen) atoms. The van der Waals surface area contributed by atoms with E-state index < -0.39 is 11.0 Å². The van der Waals surface area contributed by atoms with Gasteiger partial charge in [0.05, 0.1) is 33.5 Å². The van der Waals surface area contributed by atoms with Crippen LogP contribution in [0, 0.1) is 10.1 Å². The van der Waals surface area contributed by atoms with Gasteiger partial charge in [-0.2, -0.15) is 0 Å². The number of urea groups is 1. The van der Waals surface area contributed by atoms with Crippen molar-refractivity contribution in [2.45, 2.75) is 0 Å². The number of ether oxygens (including phenoxy) is 1. The molecule has 0 aliphatic carbocycles. The zero-order valence-electron chi connectivity index (χ0n) is 11.8. The molecule has 0 spiro atoms. The molecule has 0 aliphatic rings. The summed E-state index contributed by atoms with van der Waals surface area (Å²) in [5.41, 5.74) is 0.279. The van der Waals surface area contributed by atoms with E-state index in [0.717, 1.165) is 6.07 Å². The van der Waals surface area contributed by atoms with Crippen molar-refractivity contribution in [3.63, 3.8) is 0 Å². The Hall–Kier alpha value is -2.51. The zero-order valence-corrected chi connectivity index (χ0v) is 13.3. The largest absolute Gasteiger partial charge is 0.497 e. The number of nitrogens with zero attached hydrogens (tertiary/aromatic N) is 1. The van der Waals surface area contributed by atoms with Crippen molar-refractivity contribution in [1.82, 2.24) is 0 Å². The second-order valence-electron chi connectivity index (χ2n) is 4.35. The number of amides is 2. The van der Waals surface area contributed by atoms with Gasteiger partial charge in [-0.15, -0.1) is 0 Å². The highest BCUT2D eigenvalue weighted by molar-refractivity contribution is 6.35. The van der Waals surface area contributed by atoms with Crippen LogP contribution in [0.2, 0.25) is 10.0 Å². The third-order valence-corrected chi connectivity index (χ3v) is 3.48. The molecule has 0 fully saturated rings. The van der Waals surface area contributed by atoms with Crippen LogP contribution in [0.15, 0.2) is 36.4 Å². The van der Waals surface area contributed by atoms with Gasteiger partial charge in [0.1, 0.15) is 5.75 Å². The Morgan fingerprint density at radius 2 is 1.78 bits per heavy atom. The number of carbonyl (C=O) groups excluding carboxylic acids is 1. The lowest BCUT2D eigenvalue weighted by Gasteiger charge is -2.11. The van der Waals surface area contributed by atoms with Crippen molar-refractivity contribution < 1.29 is 14.5 Å². The Morgan fingerprint density at radius 3 is 2.39 bits per heavy atom. The van der Waals surface area contributed by atoms with E-state index in [1.165, 1.54) is 25.3 Å². The number of nitrogens with one attached hydrogen (secondary N) is 2. The normalized spacial score (nSPS) is 10.0. The molecule has 2 rings (SSSR count). The van der Waals surface area contributed by atoms with E-state index in [2.05, 4.69) is 10.6 Å². The third-order valence-electron chi connectivity index (χ3n) is 2.83. The molecule has 2 aromatic carbocycles. The second-order valence-corrected chi connectivity index (χ2v) is 5.16. The number of hydrogen-bond donors (Lipinski definition) is 2. The first-order chi connectivity index (χ1) is 10.9. The first-order valence-corrected chi connectivity index (χ1v) is 7.02. The van der Waals surface area contributed by atoms with Crippen LogP contribution in [0.3, 0.4) is 0 Å². The number of anilines is 2. The maximum Gasteiger partial charge on any atom is 0.323 e. The Labute approximate surface area is 141 Å². The fraction of sp³-hybridized carbons (Fsp3) is 0.0714. The molecule has 2 amide bonds. The highest BCUT2D eigenvalue weighted by Crippen LogP contribution is 2.29. The molecule has 0 atom stereocenters. The van der Waals surface area contributed by atoms with Gasteiger partial charge in [-0.25, -0.2) is 4.79 Å². The minimum Gasteiger partial charge on any atom is -0.497 e. The molecular weight excluding hydrogens is 345 g/mol. The quantitative estimate of drug-likeness (QED) is 0.621. The van der Waals surface area contributed by atoms with Crippen LogP contribution in [0.1, 0.15) is 0 Å². The minimum absolute atomic E-state index is 0.114. The van der Waals surface area contributed by atoms with Crippen LogP contribution in [-0.2, 0) is 0 Å². The second kappa shape index (κ2) is 7.17. The predicted octanol–water partition coefficient (Wildman–Crippen LogP) is 4.55. The molecule has 120 valence electrons. The van der Waals surface area contributed by atoms with Crippen molar-refractivity contribution in [1.29, 1.82) is 0 Å². The van der Waals surface area contributed by atoms with Gasteiger partial charge in [0.2, 0.25) is 0 Å². The molecular formula is C14H11Cl2N3O4. The number of carbonyl (C=O) groups is 1. The molecule has 0 aliphatic heterocycles. The lowest BCUT2D eigenvalue weighted by atomic mass is 10.3. The highest BCUT2D eigenvalue weighted by atomic mass is 35.5. The molecule has 0 radical (unpaired) electrons. The Balaban J connectivity index is 2.14. The summed E-state index contributed by atoms with van der Waals surface area (Å²) in [4.78, 5) is 22.1. The summed E-state index contributed by atoms with van der Waals surface area (Å²) in [6.07, 6.45) is 0. The van der Waals surface area contributed by atoms with Crippen LogP contribution >= 0.6 is 23.2 Å². The topological polar surface area (TPSA) is 93.5 Å². The van der Waals surface area contributed by atoms with E-state index in [9.17, 15) is 14.9 Å². The zero-order chi connectivity index (χ0) is 17.0. The summed E-state index contributed by atoms with van der Waals surface area (Å²) in [7, 11) is 1.50. The van der Waals surface area contributed by atoms with Gasteiger partial charge in [0.15, 0.2) is 0 Å². The van der Waals surface area contributed by atoms with Crippen molar-refractivity contribution in [2.24, 2.45) is 0 Å². The molecule has 9 heteroatoms. The molecule has 0 unspecified atom stereocenters. The van der Waals surface area contributed by atoms with Gasteiger partial charge >= 0.3 is 6.03 Å². The van der Waals surface area contributed by atoms with E-state index in [-0.39, 0.29) is 21.4 Å². The van der Waals surface area contributed by atoms with Crippen molar-refractivity contribution in [2.75, 3.05) is 17.7 Å². The number of halogens is 2. The van der Waals surface area contributed by atoms with Crippen LogP contribution in [0.5, 0.6) is 5.75 Å². The maximum absolute atomic E-state index is 12.0. The molecule has 0 saturated carbocycles. The van der Waals surface area contributed by atoms with Gasteiger partial charge in [-0.05, 0) is 18.2 Å². The van der Waals surface area contributed by atoms with E-state index in [1.807, 2.05) is 0 Å². The molecule has 0 aromatic heterocycles. The summed E-state index contributed by atoms with van der Waals surface area (Å²) in [6.45, 7) is 0. The number of hydrogen-bond acceptors (Lipinski definition) is 4. The smallest absolute Gasteiger partial charge is 0.323 e. The van der Waals surface area contributed by atoms with E-state index in [1.54, 1.807) is 12.1 Å². The van der Waals surface area contributed by atoms with Gasteiger partial charge < -0.3 is 15.4 Å². The number of non-ortho nitro benzene ring substituents is 1. The fourth-order valence-corrected chi connectivity index (χ4v) is 2.11. The van der Waals surface area contributed by atoms with Crippen LogP contribution in [0.4, 0.5) is 21.9 Å². The summed E-state index contributed by atoms with van der Waals surface area (Å²) >= 11 is 11.9. The summed E-state index contributed by atoms with van der Waals surface area (Å²) in [6, 6.07) is 7.83. The Morgan fingerprint density at radius 1 is 1.09 bits per heavy atom. The van der Waals surface area contributed by atoms with Gasteiger partial charge in [0.25, 0.3) is 5.69 Å². The molecule has 2 aromatic rings. The predicted molar refractivity (Wildman–Crippen MR) is 88.8 cm³/mol. The number of methoxy groups -OCH3 is 1. The lowest BCUT2D eigenvalue weighted by molar-refractivity contribution is -0.384. The number of nitro benzene ring substituents is 1. The first kappa shape index (κ1) is 16.9. The van der Waals surface area contributed by atoms with Gasteiger partial charge in [0, 0.05) is 18.2 Å². The summed E-state index contributed by atoms with van der Waals surface area (Å²) < 4.78 is 5.01. The third kappa shape index (κ3) is 4.24. The summed E-state index contributed by atoms with van der Waals surface area (Å²) in [5.74, 6) is 0.544. The van der Waals surface area contributed by atoms with Crippen molar-refractivity contribution >= 4 is 46.3 Å². The lowest BCUT2D eigenvalue weighted by Crippen LogP contribution is -2.20. The van der Waals surface area contributed by atoms with E-state index in [0.29, 0.717) is 11.4 Å². The first-order valence-electron chi connectivity index (χ1n) is 6.26. The average Bonchev–Trinajstić information content (AvgIpc) is 2.51. The standard InChI is InChI=1S/C14H11Cl2N3O4/c1-23-9-3-5-12(11(16)7-9)17-14(20)18-13-6-8(19(21)22)2-4-10(13)15/h2-7H,1H3,(H2,17,18,20). The van der Waals surface area contributed by atoms with Crippen LogP contribution < -0.4 is 15.4 Å². The SMILES string of the molecule is COc1ccc(NC(=O)Nc2cc([N+](=O)[O-])ccc2Cl)c(Cl)c1. The summed E-state index contributed by atoms with van der Waals surface area (Å²) in [5, 5.41) is 16.2. The molecule has 0 heterocycles. The van der Waals surface area contributed by atoms with E-state index in [4.69, 9.17) is 27.9 Å². The van der Waals surface area contributed by atoms with Crippen LogP contribution in [0.25, 0.3) is 0 Å².